The van der Waals surface area contributed by atoms with Crippen LogP contribution in [0.5, 0.6) is 0 Å². The normalized spacial score (nSPS) is 22.4. The third kappa shape index (κ3) is 1.75. The molecule has 0 spiro atoms. The lowest BCUT2D eigenvalue weighted by molar-refractivity contribution is -0.121. The van der Waals surface area contributed by atoms with Crippen molar-refractivity contribution in [2.24, 2.45) is 5.92 Å². The lowest BCUT2D eigenvalue weighted by atomic mass is 10.4. The second kappa shape index (κ2) is 3.01. The summed E-state index contributed by atoms with van der Waals surface area (Å²) in [4.78, 5) is 13.3. The Kier molecular flexibility index (Phi) is 2.00. The van der Waals surface area contributed by atoms with E-state index >= 15 is 0 Å². The minimum absolute atomic E-state index is 0.198. The molecule has 0 saturated heterocycles. The topological polar surface area (TPSA) is 32.3 Å². The van der Waals surface area contributed by atoms with Gasteiger partial charge < -0.3 is 10.2 Å². The first-order chi connectivity index (χ1) is 5.75. The SMILES string of the molecule is CN1C=C(NC(=O)C2CC2)SC1. The summed E-state index contributed by atoms with van der Waals surface area (Å²) in [6.45, 7) is 0. The first-order valence-electron chi connectivity index (χ1n) is 4.11. The van der Waals surface area contributed by atoms with Crippen LogP contribution in [0.25, 0.3) is 0 Å². The van der Waals surface area contributed by atoms with Crippen LogP contribution in [0.15, 0.2) is 11.2 Å². The van der Waals surface area contributed by atoms with Crippen LogP contribution in [0, 0.1) is 5.92 Å². The number of amides is 1. The van der Waals surface area contributed by atoms with Crippen LogP contribution in [0.4, 0.5) is 0 Å². The molecule has 4 heteroatoms. The summed E-state index contributed by atoms with van der Waals surface area (Å²) in [5.41, 5.74) is 0. The molecule has 1 heterocycles. The van der Waals surface area contributed by atoms with Gasteiger partial charge in [0, 0.05) is 19.2 Å². The highest BCUT2D eigenvalue weighted by Crippen LogP contribution is 2.30. The Bertz CT molecular complexity index is 235. The summed E-state index contributed by atoms with van der Waals surface area (Å²) >= 11 is 1.68. The smallest absolute Gasteiger partial charge is 0.227 e. The molecule has 0 aromatic carbocycles. The highest BCUT2D eigenvalue weighted by Gasteiger charge is 2.30. The summed E-state index contributed by atoms with van der Waals surface area (Å²) in [5, 5.41) is 3.91. The molecule has 1 fully saturated rings. The van der Waals surface area contributed by atoms with Crippen molar-refractivity contribution in [1.29, 1.82) is 0 Å². The average Bonchev–Trinajstić information content (AvgIpc) is 2.78. The Morgan fingerprint density at radius 1 is 1.75 bits per heavy atom. The molecule has 0 radical (unpaired) electrons. The molecule has 2 rings (SSSR count). The third-order valence-electron chi connectivity index (χ3n) is 1.96. The van der Waals surface area contributed by atoms with E-state index in [1.807, 2.05) is 13.2 Å². The molecule has 12 heavy (non-hydrogen) atoms. The molecule has 0 atom stereocenters. The molecule has 0 bridgehead atoms. The molecular weight excluding hydrogens is 172 g/mol. The van der Waals surface area contributed by atoms with Crippen LogP contribution in [0.1, 0.15) is 12.8 Å². The number of hydrogen-bond donors (Lipinski definition) is 1. The van der Waals surface area contributed by atoms with Crippen LogP contribution in [0.3, 0.4) is 0 Å². The van der Waals surface area contributed by atoms with Crippen molar-refractivity contribution < 1.29 is 4.79 Å². The molecule has 0 unspecified atom stereocenters. The fraction of sp³-hybridized carbons (Fsp3) is 0.625. The number of hydrogen-bond acceptors (Lipinski definition) is 3. The van der Waals surface area contributed by atoms with Gasteiger partial charge in [-0.15, -0.1) is 0 Å². The summed E-state index contributed by atoms with van der Waals surface area (Å²) in [6, 6.07) is 0. The molecule has 2 aliphatic rings. The molecule has 1 aliphatic heterocycles. The highest BCUT2D eigenvalue weighted by atomic mass is 32.2. The number of nitrogens with one attached hydrogen (secondary N) is 1. The van der Waals surface area contributed by atoms with E-state index in [4.69, 9.17) is 0 Å². The minimum atomic E-state index is 0.198. The van der Waals surface area contributed by atoms with Crippen molar-refractivity contribution in [2.75, 3.05) is 12.9 Å². The van der Waals surface area contributed by atoms with E-state index < -0.39 is 0 Å². The van der Waals surface area contributed by atoms with Crippen LogP contribution >= 0.6 is 11.8 Å². The molecule has 1 saturated carbocycles. The largest absolute Gasteiger partial charge is 0.369 e. The van der Waals surface area contributed by atoms with Crippen molar-refractivity contribution in [3.8, 4) is 0 Å². The van der Waals surface area contributed by atoms with E-state index in [0.717, 1.165) is 23.7 Å². The van der Waals surface area contributed by atoms with Gasteiger partial charge in [0.25, 0.3) is 0 Å². The lowest BCUT2D eigenvalue weighted by Gasteiger charge is -2.01. The van der Waals surface area contributed by atoms with Gasteiger partial charge in [-0.1, -0.05) is 11.8 Å². The van der Waals surface area contributed by atoms with E-state index in [-0.39, 0.29) is 5.91 Å². The van der Waals surface area contributed by atoms with Crippen LogP contribution in [-0.2, 0) is 4.79 Å². The molecule has 66 valence electrons. The molecule has 1 amide bonds. The Morgan fingerprint density at radius 2 is 2.50 bits per heavy atom. The minimum Gasteiger partial charge on any atom is -0.369 e. The summed E-state index contributed by atoms with van der Waals surface area (Å²) in [5.74, 6) is 1.45. The first-order valence-corrected chi connectivity index (χ1v) is 5.10. The van der Waals surface area contributed by atoms with E-state index in [9.17, 15) is 4.79 Å². The van der Waals surface area contributed by atoms with Gasteiger partial charge >= 0.3 is 0 Å². The number of carbonyl (C=O) groups is 1. The summed E-state index contributed by atoms with van der Waals surface area (Å²) in [6.07, 6.45) is 4.12. The Hall–Kier alpha value is -0.640. The van der Waals surface area contributed by atoms with Gasteiger partial charge in [-0.2, -0.15) is 0 Å². The van der Waals surface area contributed by atoms with E-state index in [0.29, 0.717) is 5.92 Å². The van der Waals surface area contributed by atoms with Gasteiger partial charge in [-0.05, 0) is 12.8 Å². The quantitative estimate of drug-likeness (QED) is 0.693. The predicted molar refractivity (Wildman–Crippen MR) is 49.2 cm³/mol. The van der Waals surface area contributed by atoms with Crippen LogP contribution in [-0.4, -0.2) is 23.7 Å². The third-order valence-corrected chi connectivity index (χ3v) is 3.01. The van der Waals surface area contributed by atoms with Gasteiger partial charge in [0.1, 0.15) is 0 Å². The second-order valence-electron chi connectivity index (χ2n) is 3.29. The maximum atomic E-state index is 11.3. The van der Waals surface area contributed by atoms with Crippen molar-refractivity contribution in [3.05, 3.63) is 11.2 Å². The van der Waals surface area contributed by atoms with Gasteiger partial charge in [-0.3, -0.25) is 4.79 Å². The van der Waals surface area contributed by atoms with E-state index in [1.54, 1.807) is 11.8 Å². The first kappa shape index (κ1) is 7.98. The Labute approximate surface area is 76.2 Å². The fourth-order valence-corrected chi connectivity index (χ4v) is 1.93. The van der Waals surface area contributed by atoms with Crippen molar-refractivity contribution >= 4 is 17.7 Å². The average molecular weight is 184 g/mol. The zero-order valence-electron chi connectivity index (χ0n) is 7.04. The maximum absolute atomic E-state index is 11.3. The van der Waals surface area contributed by atoms with Gasteiger partial charge in [0.05, 0.1) is 10.9 Å². The zero-order valence-corrected chi connectivity index (χ0v) is 7.86. The predicted octanol–water partition coefficient (Wildman–Crippen LogP) is 0.948. The van der Waals surface area contributed by atoms with E-state index in [1.165, 1.54) is 0 Å². The fourth-order valence-electron chi connectivity index (χ4n) is 1.08. The summed E-state index contributed by atoms with van der Waals surface area (Å²) in [7, 11) is 2.00. The highest BCUT2D eigenvalue weighted by molar-refractivity contribution is 8.03. The van der Waals surface area contributed by atoms with E-state index in [2.05, 4.69) is 10.2 Å². The standard InChI is InChI=1S/C8H12N2OS/c1-10-4-7(12-5-10)9-8(11)6-2-3-6/h4,6H,2-3,5H2,1H3,(H,9,11). The number of rotatable bonds is 2. The number of carbonyl (C=O) groups excluding carboxylic acids is 1. The maximum Gasteiger partial charge on any atom is 0.227 e. The lowest BCUT2D eigenvalue weighted by Crippen LogP contribution is -2.22. The molecule has 0 aromatic heterocycles. The Morgan fingerprint density at radius 3 is 3.00 bits per heavy atom. The number of nitrogens with zero attached hydrogens (tertiary/aromatic N) is 1. The van der Waals surface area contributed by atoms with Crippen molar-refractivity contribution in [2.45, 2.75) is 12.8 Å². The van der Waals surface area contributed by atoms with Gasteiger partial charge in [0.15, 0.2) is 0 Å². The molecular formula is C8H12N2OS. The zero-order chi connectivity index (χ0) is 8.55. The summed E-state index contributed by atoms with van der Waals surface area (Å²) < 4.78 is 0. The number of thioether (sulfide) groups is 1. The second-order valence-corrected chi connectivity index (χ2v) is 4.27. The van der Waals surface area contributed by atoms with Crippen molar-refractivity contribution in [3.63, 3.8) is 0 Å². The van der Waals surface area contributed by atoms with Crippen LogP contribution in [0.2, 0.25) is 0 Å². The molecule has 1 aliphatic carbocycles. The van der Waals surface area contributed by atoms with Crippen LogP contribution < -0.4 is 5.32 Å². The Balaban J connectivity index is 1.86. The molecule has 1 N–H and O–H groups in total. The monoisotopic (exact) mass is 184 g/mol. The van der Waals surface area contributed by atoms with Gasteiger partial charge in [-0.25, -0.2) is 0 Å². The van der Waals surface area contributed by atoms with Crippen molar-refractivity contribution in [1.82, 2.24) is 10.2 Å². The molecule has 0 aromatic rings. The van der Waals surface area contributed by atoms with Gasteiger partial charge in [0.2, 0.25) is 5.91 Å². The molecule has 3 nitrogen and oxygen atoms in total.